The highest BCUT2D eigenvalue weighted by Crippen LogP contribution is 2.40. The Hall–Kier alpha value is -3.27. The third kappa shape index (κ3) is 2.04. The van der Waals surface area contributed by atoms with E-state index in [1.807, 2.05) is 4.68 Å². The molecule has 1 aromatic carbocycles. The zero-order chi connectivity index (χ0) is 16.7. The van der Waals surface area contributed by atoms with E-state index in [2.05, 4.69) is 32.2 Å². The van der Waals surface area contributed by atoms with E-state index in [-0.39, 0.29) is 5.91 Å². The second-order valence-electron chi connectivity index (χ2n) is 5.67. The van der Waals surface area contributed by atoms with Crippen molar-refractivity contribution in [2.45, 2.75) is 25.8 Å². The number of carbonyl (C=O) groups is 1. The van der Waals surface area contributed by atoms with Gasteiger partial charge in [0.1, 0.15) is 12.2 Å². The number of amides is 1. The first-order chi connectivity index (χ1) is 11.7. The molecular weight excluding hydrogens is 304 g/mol. The molecule has 0 saturated heterocycles. The van der Waals surface area contributed by atoms with Crippen molar-refractivity contribution in [3.8, 4) is 0 Å². The van der Waals surface area contributed by atoms with Crippen molar-refractivity contribution in [2.75, 3.05) is 5.32 Å². The van der Waals surface area contributed by atoms with E-state index in [4.69, 9.17) is 6.57 Å². The van der Waals surface area contributed by atoms with Crippen molar-refractivity contribution in [3.63, 3.8) is 0 Å². The van der Waals surface area contributed by atoms with E-state index >= 15 is 0 Å². The average Bonchev–Trinajstić information content (AvgIpc) is 3.15. The minimum atomic E-state index is -0.550. The molecule has 2 aromatic heterocycles. The first-order valence-corrected chi connectivity index (χ1v) is 7.71. The molecular formula is C17H14N6O. The summed E-state index contributed by atoms with van der Waals surface area (Å²) in [4.78, 5) is 24.7. The van der Waals surface area contributed by atoms with Gasteiger partial charge in [0.2, 0.25) is 5.91 Å². The Labute approximate surface area is 138 Å². The Kier molecular flexibility index (Phi) is 3.24. The van der Waals surface area contributed by atoms with Crippen LogP contribution in [0.3, 0.4) is 0 Å². The zero-order valence-corrected chi connectivity index (χ0v) is 13.0. The fraction of sp³-hybridized carbons (Fsp3) is 0.235. The highest BCUT2D eigenvalue weighted by molar-refractivity contribution is 6.06. The van der Waals surface area contributed by atoms with E-state index in [0.717, 1.165) is 35.2 Å². The summed E-state index contributed by atoms with van der Waals surface area (Å²) in [6, 6.07) is 5.21. The number of nitrogens with one attached hydrogen (secondary N) is 1. The normalized spacial score (nSPS) is 16.0. The Bertz CT molecular complexity index is 1000. The van der Waals surface area contributed by atoms with Crippen molar-refractivity contribution in [2.24, 2.45) is 0 Å². The van der Waals surface area contributed by atoms with Gasteiger partial charge in [0.25, 0.3) is 0 Å². The van der Waals surface area contributed by atoms with Gasteiger partial charge in [-0.1, -0.05) is 19.1 Å². The maximum Gasteiger partial charge on any atom is 0.238 e. The van der Waals surface area contributed by atoms with Crippen LogP contribution in [-0.4, -0.2) is 25.7 Å². The number of hydrogen-bond acceptors (Lipinski definition) is 4. The molecule has 4 rings (SSSR count). The van der Waals surface area contributed by atoms with Gasteiger partial charge >= 0.3 is 0 Å². The van der Waals surface area contributed by atoms with Crippen LogP contribution in [0.2, 0.25) is 0 Å². The zero-order valence-electron chi connectivity index (χ0n) is 13.0. The molecule has 1 N–H and O–H groups in total. The molecule has 7 heteroatoms. The lowest BCUT2D eigenvalue weighted by Crippen LogP contribution is -2.15. The number of nitrogens with zero attached hydrogens (tertiary/aromatic N) is 5. The summed E-state index contributed by atoms with van der Waals surface area (Å²) in [5.74, 6) is -0.693. The Morgan fingerprint density at radius 2 is 2.25 bits per heavy atom. The van der Waals surface area contributed by atoms with Crippen molar-refractivity contribution >= 4 is 28.3 Å². The lowest BCUT2D eigenvalue weighted by Gasteiger charge is -2.10. The molecule has 1 aliphatic heterocycles. The average molecular weight is 318 g/mol. The number of carbonyl (C=O) groups excluding carboxylic acids is 1. The molecule has 0 bridgehead atoms. The molecule has 24 heavy (non-hydrogen) atoms. The van der Waals surface area contributed by atoms with Gasteiger partial charge in [-0.3, -0.25) is 4.79 Å². The van der Waals surface area contributed by atoms with Crippen molar-refractivity contribution in [1.29, 1.82) is 0 Å². The lowest BCUT2D eigenvalue weighted by atomic mass is 9.95. The Morgan fingerprint density at radius 3 is 3.04 bits per heavy atom. The maximum atomic E-state index is 12.5. The van der Waals surface area contributed by atoms with E-state index in [1.165, 1.54) is 6.33 Å². The van der Waals surface area contributed by atoms with Gasteiger partial charge in [-0.2, -0.15) is 5.10 Å². The van der Waals surface area contributed by atoms with Crippen LogP contribution in [0.5, 0.6) is 0 Å². The van der Waals surface area contributed by atoms with Gasteiger partial charge in [-0.25, -0.2) is 19.5 Å². The van der Waals surface area contributed by atoms with E-state index in [1.54, 1.807) is 24.4 Å². The highest BCUT2D eigenvalue weighted by atomic mass is 16.2. The van der Waals surface area contributed by atoms with Crippen molar-refractivity contribution < 1.29 is 4.79 Å². The third-order valence-corrected chi connectivity index (χ3v) is 4.17. The van der Waals surface area contributed by atoms with Crippen LogP contribution in [0.1, 0.15) is 30.5 Å². The van der Waals surface area contributed by atoms with Gasteiger partial charge < -0.3 is 5.32 Å². The summed E-state index contributed by atoms with van der Waals surface area (Å²) >= 11 is 0. The van der Waals surface area contributed by atoms with Crippen LogP contribution in [0.25, 0.3) is 15.9 Å². The Morgan fingerprint density at radius 1 is 1.38 bits per heavy atom. The first kappa shape index (κ1) is 14.3. The third-order valence-electron chi connectivity index (χ3n) is 4.17. The van der Waals surface area contributed by atoms with Crippen LogP contribution >= 0.6 is 0 Å². The number of aromatic nitrogens is 4. The van der Waals surface area contributed by atoms with Gasteiger partial charge in [0.15, 0.2) is 11.3 Å². The number of aryl methyl sites for hydroxylation is 1. The number of anilines is 1. The number of hydrogen-bond donors (Lipinski definition) is 1. The summed E-state index contributed by atoms with van der Waals surface area (Å²) in [5.41, 5.74) is 3.36. The second-order valence-corrected chi connectivity index (χ2v) is 5.67. The molecule has 3 heterocycles. The molecule has 1 aliphatic rings. The van der Waals surface area contributed by atoms with Crippen LogP contribution < -0.4 is 5.32 Å². The van der Waals surface area contributed by atoms with Crippen LogP contribution in [0, 0.1) is 6.57 Å². The molecule has 1 unspecified atom stereocenters. The van der Waals surface area contributed by atoms with Crippen LogP contribution in [0.15, 0.2) is 30.7 Å². The monoisotopic (exact) mass is 318 g/mol. The molecule has 0 fully saturated rings. The summed E-state index contributed by atoms with van der Waals surface area (Å²) in [5, 5.41) is 8.00. The fourth-order valence-corrected chi connectivity index (χ4v) is 3.11. The Balaban J connectivity index is 1.90. The predicted molar refractivity (Wildman–Crippen MR) is 88.8 cm³/mol. The molecule has 0 saturated carbocycles. The van der Waals surface area contributed by atoms with E-state index in [0.29, 0.717) is 11.4 Å². The smallest absolute Gasteiger partial charge is 0.238 e. The standard InChI is InChI=1S/C17H14N6O/c1-3-6-23-16-12(8-21-23)15(19-9-20-16)14-11-7-10(18-2)4-5-13(11)22-17(14)24/h4-5,7-9,14H,3,6H2,1H3,(H,22,24). The quantitative estimate of drug-likeness (QED) is 0.753. The predicted octanol–water partition coefficient (Wildman–Crippen LogP) is 2.87. The molecule has 118 valence electrons. The summed E-state index contributed by atoms with van der Waals surface area (Å²) in [7, 11) is 0. The molecule has 0 spiro atoms. The van der Waals surface area contributed by atoms with E-state index < -0.39 is 5.92 Å². The van der Waals surface area contributed by atoms with Crippen molar-refractivity contribution in [3.05, 3.63) is 53.4 Å². The molecule has 0 aliphatic carbocycles. The molecule has 0 radical (unpaired) electrons. The minimum absolute atomic E-state index is 0.143. The molecule has 1 amide bonds. The van der Waals surface area contributed by atoms with Gasteiger partial charge in [-0.15, -0.1) is 0 Å². The van der Waals surface area contributed by atoms with Gasteiger partial charge in [0.05, 0.1) is 23.8 Å². The highest BCUT2D eigenvalue weighted by Gasteiger charge is 2.34. The van der Waals surface area contributed by atoms with Gasteiger partial charge in [0, 0.05) is 12.2 Å². The van der Waals surface area contributed by atoms with E-state index in [9.17, 15) is 4.79 Å². The lowest BCUT2D eigenvalue weighted by molar-refractivity contribution is -0.116. The first-order valence-electron chi connectivity index (χ1n) is 7.71. The second kappa shape index (κ2) is 5.42. The summed E-state index contributed by atoms with van der Waals surface area (Å²) in [6.07, 6.45) is 4.12. The van der Waals surface area contributed by atoms with Gasteiger partial charge in [-0.05, 0) is 18.1 Å². The summed E-state index contributed by atoms with van der Waals surface area (Å²) in [6.45, 7) is 10.0. The molecule has 1 atom stereocenters. The number of fused-ring (bicyclic) bond motifs is 2. The number of rotatable bonds is 3. The maximum absolute atomic E-state index is 12.5. The number of benzene rings is 1. The molecule has 7 nitrogen and oxygen atoms in total. The minimum Gasteiger partial charge on any atom is -0.325 e. The molecule has 3 aromatic rings. The SMILES string of the molecule is [C-]#[N+]c1ccc2c(c1)C(c1ncnc3c1cnn3CCC)C(=O)N2. The largest absolute Gasteiger partial charge is 0.325 e. The summed E-state index contributed by atoms with van der Waals surface area (Å²) < 4.78 is 1.82. The topological polar surface area (TPSA) is 77.1 Å². The van der Waals surface area contributed by atoms with Crippen LogP contribution in [-0.2, 0) is 11.3 Å². The van der Waals surface area contributed by atoms with Crippen LogP contribution in [0.4, 0.5) is 11.4 Å². The van der Waals surface area contributed by atoms with Crippen molar-refractivity contribution in [1.82, 2.24) is 19.7 Å². The fourth-order valence-electron chi connectivity index (χ4n) is 3.11.